The average molecular weight is 283 g/mol. The molecule has 2 atom stereocenters. The molecule has 1 aromatic carbocycles. The minimum atomic E-state index is 0.291. The van der Waals surface area contributed by atoms with Crippen LogP contribution in [0.2, 0.25) is 0 Å². The lowest BCUT2D eigenvalue weighted by Gasteiger charge is -2.35. The molecule has 4 rings (SSSR count). The summed E-state index contributed by atoms with van der Waals surface area (Å²) in [6, 6.07) is 8.68. The molecule has 2 saturated heterocycles. The van der Waals surface area contributed by atoms with Gasteiger partial charge < -0.3 is 10.3 Å². The summed E-state index contributed by atoms with van der Waals surface area (Å²) in [7, 11) is 0. The second kappa shape index (κ2) is 4.59. The van der Waals surface area contributed by atoms with Gasteiger partial charge in [-0.25, -0.2) is 0 Å². The topological polar surface area (TPSA) is 31.1 Å². The number of aryl methyl sites for hydroxylation is 1. The molecule has 0 spiro atoms. The van der Waals surface area contributed by atoms with E-state index in [2.05, 4.69) is 60.2 Å². The average Bonchev–Trinajstić information content (AvgIpc) is 3.08. The number of hydrogen-bond acceptors (Lipinski definition) is 2. The summed E-state index contributed by atoms with van der Waals surface area (Å²) < 4.78 is 0. The van der Waals surface area contributed by atoms with Crippen molar-refractivity contribution >= 4 is 10.9 Å². The van der Waals surface area contributed by atoms with Gasteiger partial charge in [0.1, 0.15) is 0 Å². The van der Waals surface area contributed by atoms with Crippen LogP contribution in [0.25, 0.3) is 10.9 Å². The molecule has 2 aromatic rings. The summed E-state index contributed by atoms with van der Waals surface area (Å²) >= 11 is 0. The second-order valence-corrected chi connectivity index (χ2v) is 7.33. The van der Waals surface area contributed by atoms with Gasteiger partial charge in [-0.3, -0.25) is 4.90 Å². The number of nitrogens with zero attached hydrogens (tertiary/aromatic N) is 1. The molecule has 3 heteroatoms. The number of rotatable bonds is 2. The zero-order chi connectivity index (χ0) is 14.6. The molecule has 2 aliphatic rings. The largest absolute Gasteiger partial charge is 0.358 e. The van der Waals surface area contributed by atoms with E-state index in [1.54, 1.807) is 0 Å². The smallest absolute Gasteiger partial charge is 0.0459 e. The number of likely N-dealkylation sites (tertiary alicyclic amines) is 1. The van der Waals surface area contributed by atoms with Gasteiger partial charge in [0.15, 0.2) is 0 Å². The highest BCUT2D eigenvalue weighted by Gasteiger charge is 2.49. The van der Waals surface area contributed by atoms with Crippen LogP contribution in [0, 0.1) is 18.8 Å². The standard InChI is InChI=1S/C18H25N3/c1-12-15(14-6-4-5-7-17(14)20-12)11-21-10-13-8-19-9-16(13)18(21,2)3/h4-7,13,16,19-20H,8-11H2,1-3H3. The van der Waals surface area contributed by atoms with Gasteiger partial charge in [-0.15, -0.1) is 0 Å². The molecule has 3 heterocycles. The Hall–Kier alpha value is -1.32. The molecular weight excluding hydrogens is 258 g/mol. The maximum Gasteiger partial charge on any atom is 0.0459 e. The molecular formula is C18H25N3. The van der Waals surface area contributed by atoms with Crippen molar-refractivity contribution in [1.29, 1.82) is 0 Å². The lowest BCUT2D eigenvalue weighted by atomic mass is 9.85. The van der Waals surface area contributed by atoms with Gasteiger partial charge in [0.05, 0.1) is 0 Å². The van der Waals surface area contributed by atoms with Gasteiger partial charge in [0.25, 0.3) is 0 Å². The van der Waals surface area contributed by atoms with Crippen LogP contribution >= 0.6 is 0 Å². The Bertz CT molecular complexity index is 670. The molecule has 2 unspecified atom stereocenters. The van der Waals surface area contributed by atoms with Gasteiger partial charge in [-0.05, 0) is 50.8 Å². The van der Waals surface area contributed by atoms with Crippen LogP contribution in [0.3, 0.4) is 0 Å². The number of fused-ring (bicyclic) bond motifs is 2. The molecule has 0 radical (unpaired) electrons. The van der Waals surface area contributed by atoms with E-state index >= 15 is 0 Å². The maximum atomic E-state index is 3.57. The Morgan fingerprint density at radius 1 is 1.24 bits per heavy atom. The first kappa shape index (κ1) is 13.4. The summed E-state index contributed by atoms with van der Waals surface area (Å²) in [6.45, 7) is 11.7. The molecule has 2 fully saturated rings. The summed E-state index contributed by atoms with van der Waals surface area (Å²) in [5, 5.41) is 4.96. The molecule has 112 valence electrons. The van der Waals surface area contributed by atoms with Crippen molar-refractivity contribution in [2.45, 2.75) is 32.9 Å². The molecule has 2 aliphatic heterocycles. The van der Waals surface area contributed by atoms with E-state index in [-0.39, 0.29) is 0 Å². The third kappa shape index (κ3) is 1.95. The van der Waals surface area contributed by atoms with Crippen LogP contribution in [0.1, 0.15) is 25.1 Å². The summed E-state index contributed by atoms with van der Waals surface area (Å²) in [5.74, 6) is 1.62. The molecule has 0 aliphatic carbocycles. The normalized spacial score (nSPS) is 28.3. The van der Waals surface area contributed by atoms with Crippen LogP contribution in [-0.2, 0) is 6.54 Å². The molecule has 2 N–H and O–H groups in total. The van der Waals surface area contributed by atoms with Crippen molar-refractivity contribution in [1.82, 2.24) is 15.2 Å². The monoisotopic (exact) mass is 283 g/mol. The Balaban J connectivity index is 1.68. The van der Waals surface area contributed by atoms with Crippen LogP contribution in [0.15, 0.2) is 24.3 Å². The highest BCUT2D eigenvalue weighted by Crippen LogP contribution is 2.42. The zero-order valence-corrected chi connectivity index (χ0v) is 13.2. The number of aromatic amines is 1. The highest BCUT2D eigenvalue weighted by atomic mass is 15.2. The van der Waals surface area contributed by atoms with Crippen molar-refractivity contribution in [3.05, 3.63) is 35.5 Å². The van der Waals surface area contributed by atoms with Crippen molar-refractivity contribution < 1.29 is 0 Å². The molecule has 0 saturated carbocycles. The fourth-order valence-corrected chi connectivity index (χ4v) is 4.50. The van der Waals surface area contributed by atoms with Crippen molar-refractivity contribution in [2.24, 2.45) is 11.8 Å². The fraction of sp³-hybridized carbons (Fsp3) is 0.556. The van der Waals surface area contributed by atoms with Crippen molar-refractivity contribution in [3.63, 3.8) is 0 Å². The first-order chi connectivity index (χ1) is 10.1. The summed E-state index contributed by atoms with van der Waals surface area (Å²) in [6.07, 6.45) is 0. The van der Waals surface area contributed by atoms with Gasteiger partial charge in [0, 0.05) is 41.8 Å². The Labute approximate surface area is 126 Å². The lowest BCUT2D eigenvalue weighted by molar-refractivity contribution is 0.132. The molecule has 1 aromatic heterocycles. The van der Waals surface area contributed by atoms with E-state index < -0.39 is 0 Å². The molecule has 21 heavy (non-hydrogen) atoms. The van der Waals surface area contributed by atoms with E-state index in [0.717, 1.165) is 18.4 Å². The number of benzene rings is 1. The van der Waals surface area contributed by atoms with Gasteiger partial charge in [-0.2, -0.15) is 0 Å². The fourth-order valence-electron chi connectivity index (χ4n) is 4.50. The van der Waals surface area contributed by atoms with E-state index in [4.69, 9.17) is 0 Å². The zero-order valence-electron chi connectivity index (χ0n) is 13.2. The third-order valence-electron chi connectivity index (χ3n) is 5.89. The van der Waals surface area contributed by atoms with Gasteiger partial charge in [-0.1, -0.05) is 18.2 Å². The van der Waals surface area contributed by atoms with Crippen LogP contribution in [-0.4, -0.2) is 35.1 Å². The third-order valence-corrected chi connectivity index (χ3v) is 5.89. The Kier molecular flexibility index (Phi) is 2.92. The first-order valence-electron chi connectivity index (χ1n) is 8.09. The SMILES string of the molecule is Cc1[nH]c2ccccc2c1CN1CC2CNCC2C1(C)C. The van der Waals surface area contributed by atoms with Crippen LogP contribution in [0.4, 0.5) is 0 Å². The van der Waals surface area contributed by atoms with Gasteiger partial charge in [0.2, 0.25) is 0 Å². The number of aromatic nitrogens is 1. The summed E-state index contributed by atoms with van der Waals surface area (Å²) in [4.78, 5) is 6.24. The molecule has 0 amide bonds. The molecule has 0 bridgehead atoms. The Morgan fingerprint density at radius 3 is 2.86 bits per heavy atom. The number of nitrogens with one attached hydrogen (secondary N) is 2. The quantitative estimate of drug-likeness (QED) is 0.888. The van der Waals surface area contributed by atoms with Crippen molar-refractivity contribution in [2.75, 3.05) is 19.6 Å². The van der Waals surface area contributed by atoms with Crippen LogP contribution in [0.5, 0.6) is 0 Å². The van der Waals surface area contributed by atoms with Gasteiger partial charge >= 0.3 is 0 Å². The second-order valence-electron chi connectivity index (χ2n) is 7.33. The minimum absolute atomic E-state index is 0.291. The highest BCUT2D eigenvalue weighted by molar-refractivity contribution is 5.84. The maximum absolute atomic E-state index is 3.57. The number of para-hydroxylation sites is 1. The number of hydrogen-bond donors (Lipinski definition) is 2. The lowest BCUT2D eigenvalue weighted by Crippen LogP contribution is -2.44. The first-order valence-corrected chi connectivity index (χ1v) is 8.09. The van der Waals surface area contributed by atoms with E-state index in [1.807, 2.05) is 0 Å². The molecule has 3 nitrogen and oxygen atoms in total. The summed E-state index contributed by atoms with van der Waals surface area (Å²) in [5.41, 5.74) is 4.36. The predicted molar refractivity (Wildman–Crippen MR) is 87.4 cm³/mol. The van der Waals surface area contributed by atoms with E-state index in [0.29, 0.717) is 5.54 Å². The van der Waals surface area contributed by atoms with Crippen LogP contribution < -0.4 is 5.32 Å². The van der Waals surface area contributed by atoms with E-state index in [1.165, 1.54) is 41.8 Å². The number of H-pyrrole nitrogens is 1. The minimum Gasteiger partial charge on any atom is -0.358 e. The Morgan fingerprint density at radius 2 is 2.05 bits per heavy atom. The van der Waals surface area contributed by atoms with Crippen molar-refractivity contribution in [3.8, 4) is 0 Å². The van der Waals surface area contributed by atoms with E-state index in [9.17, 15) is 0 Å². The predicted octanol–water partition coefficient (Wildman–Crippen LogP) is 2.91.